The van der Waals surface area contributed by atoms with Gasteiger partial charge in [-0.3, -0.25) is 4.99 Å². The Labute approximate surface area is 111 Å². The van der Waals surface area contributed by atoms with Gasteiger partial charge < -0.3 is 10.3 Å². The monoisotopic (exact) mass is 269 g/mol. The highest BCUT2D eigenvalue weighted by atomic mass is 35.5. The van der Waals surface area contributed by atoms with Crippen molar-refractivity contribution in [3.05, 3.63) is 34.5 Å². The number of fused-ring (bicyclic) bond motifs is 1. The standard InChI is InChI=1S/C12H12ClN3.ClH/c1-7-11(12-14-4-5-15-12)9-3-2-8(13)6-10(9)16-7;/h2-3,6,16H,4-5H2,1H3,(H,14,15);1H. The number of halogens is 2. The van der Waals surface area contributed by atoms with Crippen LogP contribution >= 0.6 is 24.0 Å². The lowest BCUT2D eigenvalue weighted by molar-refractivity contribution is 0.960. The lowest BCUT2D eigenvalue weighted by Gasteiger charge is -2.02. The van der Waals surface area contributed by atoms with Crippen LogP contribution in [0.2, 0.25) is 5.02 Å². The summed E-state index contributed by atoms with van der Waals surface area (Å²) in [5.74, 6) is 0.992. The largest absolute Gasteiger partial charge is 0.368 e. The number of aromatic amines is 1. The van der Waals surface area contributed by atoms with Crippen molar-refractivity contribution >= 4 is 40.7 Å². The molecule has 3 rings (SSSR count). The lowest BCUT2D eigenvalue weighted by Crippen LogP contribution is -2.19. The number of hydrogen-bond donors (Lipinski definition) is 2. The molecule has 3 nitrogen and oxygen atoms in total. The van der Waals surface area contributed by atoms with Gasteiger partial charge in [-0.05, 0) is 19.1 Å². The molecule has 0 atom stereocenters. The second kappa shape index (κ2) is 4.59. The molecule has 0 radical (unpaired) electrons. The van der Waals surface area contributed by atoms with Crippen molar-refractivity contribution in [3.63, 3.8) is 0 Å². The summed E-state index contributed by atoms with van der Waals surface area (Å²) in [5.41, 5.74) is 3.37. The van der Waals surface area contributed by atoms with Gasteiger partial charge in [0.05, 0.1) is 6.54 Å². The van der Waals surface area contributed by atoms with Crippen LogP contribution in [-0.2, 0) is 0 Å². The molecule has 0 saturated carbocycles. The zero-order valence-electron chi connectivity index (χ0n) is 9.38. The number of aliphatic imine (C=N–C) groups is 1. The molecule has 5 heteroatoms. The van der Waals surface area contributed by atoms with Crippen LogP contribution in [0.3, 0.4) is 0 Å². The molecular weight excluding hydrogens is 257 g/mol. The van der Waals surface area contributed by atoms with E-state index >= 15 is 0 Å². The summed E-state index contributed by atoms with van der Waals surface area (Å²) in [6, 6.07) is 5.90. The summed E-state index contributed by atoms with van der Waals surface area (Å²) in [5, 5.41) is 5.23. The zero-order valence-corrected chi connectivity index (χ0v) is 11.0. The molecule has 1 aliphatic rings. The zero-order chi connectivity index (χ0) is 11.1. The van der Waals surface area contributed by atoms with Crippen LogP contribution in [0.1, 0.15) is 11.3 Å². The second-order valence-electron chi connectivity index (χ2n) is 3.97. The maximum absolute atomic E-state index is 5.97. The Kier molecular flexibility index (Phi) is 3.31. The number of H-pyrrole nitrogens is 1. The lowest BCUT2D eigenvalue weighted by atomic mass is 10.1. The number of hydrogen-bond acceptors (Lipinski definition) is 2. The van der Waals surface area contributed by atoms with Gasteiger partial charge in [0.2, 0.25) is 0 Å². The van der Waals surface area contributed by atoms with Gasteiger partial charge >= 0.3 is 0 Å². The topological polar surface area (TPSA) is 40.2 Å². The Morgan fingerprint density at radius 3 is 2.88 bits per heavy atom. The average Bonchev–Trinajstić information content (AvgIpc) is 2.83. The van der Waals surface area contributed by atoms with Crippen molar-refractivity contribution in [2.24, 2.45) is 4.99 Å². The van der Waals surface area contributed by atoms with Gasteiger partial charge in [-0.1, -0.05) is 17.7 Å². The smallest absolute Gasteiger partial charge is 0.130 e. The first-order valence-corrected chi connectivity index (χ1v) is 5.70. The predicted octanol–water partition coefficient (Wildman–Crippen LogP) is 2.90. The van der Waals surface area contributed by atoms with Gasteiger partial charge in [-0.15, -0.1) is 12.4 Å². The number of nitrogens with one attached hydrogen (secondary N) is 2. The van der Waals surface area contributed by atoms with E-state index in [9.17, 15) is 0 Å². The Morgan fingerprint density at radius 2 is 2.18 bits per heavy atom. The Morgan fingerprint density at radius 1 is 1.35 bits per heavy atom. The SMILES string of the molecule is Cc1[nH]c2cc(Cl)ccc2c1C1=NCCN1.Cl. The predicted molar refractivity (Wildman–Crippen MR) is 74.7 cm³/mol. The average molecular weight is 270 g/mol. The molecule has 2 heterocycles. The summed E-state index contributed by atoms with van der Waals surface area (Å²) in [6.07, 6.45) is 0. The molecule has 1 aromatic heterocycles. The van der Waals surface area contributed by atoms with Crippen molar-refractivity contribution in [3.8, 4) is 0 Å². The molecule has 1 aliphatic heterocycles. The summed E-state index contributed by atoms with van der Waals surface area (Å²) in [4.78, 5) is 7.80. The molecule has 0 aliphatic carbocycles. The first kappa shape index (κ1) is 12.3. The number of rotatable bonds is 1. The van der Waals surface area contributed by atoms with E-state index in [1.54, 1.807) is 0 Å². The van der Waals surface area contributed by atoms with Crippen molar-refractivity contribution in [1.29, 1.82) is 0 Å². The Bertz CT molecular complexity index is 587. The fraction of sp³-hybridized carbons (Fsp3) is 0.250. The van der Waals surface area contributed by atoms with Crippen LogP contribution in [0.15, 0.2) is 23.2 Å². The maximum atomic E-state index is 5.97. The van der Waals surface area contributed by atoms with Crippen LogP contribution in [0.4, 0.5) is 0 Å². The van der Waals surface area contributed by atoms with E-state index in [-0.39, 0.29) is 12.4 Å². The molecule has 17 heavy (non-hydrogen) atoms. The highest BCUT2D eigenvalue weighted by molar-refractivity contribution is 6.31. The van der Waals surface area contributed by atoms with Crippen molar-refractivity contribution in [1.82, 2.24) is 10.3 Å². The van der Waals surface area contributed by atoms with Crippen LogP contribution in [0, 0.1) is 6.92 Å². The fourth-order valence-electron chi connectivity index (χ4n) is 2.17. The second-order valence-corrected chi connectivity index (χ2v) is 4.41. The third-order valence-electron chi connectivity index (χ3n) is 2.86. The van der Waals surface area contributed by atoms with Gasteiger partial charge in [-0.25, -0.2) is 0 Å². The highest BCUT2D eigenvalue weighted by Gasteiger charge is 2.16. The summed E-state index contributed by atoms with van der Waals surface area (Å²) in [6.45, 7) is 3.84. The molecule has 0 saturated heterocycles. The number of amidine groups is 1. The van der Waals surface area contributed by atoms with E-state index in [0.29, 0.717) is 0 Å². The van der Waals surface area contributed by atoms with Gasteiger partial charge in [0, 0.05) is 33.7 Å². The minimum absolute atomic E-state index is 0. The first-order chi connectivity index (χ1) is 7.75. The fourth-order valence-corrected chi connectivity index (χ4v) is 2.35. The summed E-state index contributed by atoms with van der Waals surface area (Å²) in [7, 11) is 0. The normalized spacial score (nSPS) is 14.4. The van der Waals surface area contributed by atoms with Crippen molar-refractivity contribution < 1.29 is 0 Å². The first-order valence-electron chi connectivity index (χ1n) is 5.32. The molecular formula is C12H13Cl2N3. The minimum atomic E-state index is 0. The van der Waals surface area contributed by atoms with Crippen LogP contribution < -0.4 is 5.32 Å². The van der Waals surface area contributed by atoms with Crippen LogP contribution in [0.5, 0.6) is 0 Å². The third kappa shape index (κ3) is 2.01. The van der Waals surface area contributed by atoms with E-state index in [0.717, 1.165) is 35.2 Å². The molecule has 2 aromatic rings. The molecule has 90 valence electrons. The third-order valence-corrected chi connectivity index (χ3v) is 3.09. The molecule has 0 bridgehead atoms. The van der Waals surface area contributed by atoms with Gasteiger partial charge in [0.1, 0.15) is 5.84 Å². The van der Waals surface area contributed by atoms with E-state index in [1.165, 1.54) is 10.9 Å². The van der Waals surface area contributed by atoms with E-state index in [2.05, 4.69) is 22.2 Å². The Hall–Kier alpha value is -1.19. The van der Waals surface area contributed by atoms with Gasteiger partial charge in [-0.2, -0.15) is 0 Å². The molecule has 0 spiro atoms. The molecule has 2 N–H and O–H groups in total. The number of aromatic nitrogens is 1. The number of aryl methyl sites for hydroxylation is 1. The van der Waals surface area contributed by atoms with Gasteiger partial charge in [0.25, 0.3) is 0 Å². The molecule has 0 unspecified atom stereocenters. The molecule has 0 amide bonds. The minimum Gasteiger partial charge on any atom is -0.368 e. The van der Waals surface area contributed by atoms with Crippen LogP contribution in [0.25, 0.3) is 10.9 Å². The summed E-state index contributed by atoms with van der Waals surface area (Å²) >= 11 is 5.97. The summed E-state index contributed by atoms with van der Waals surface area (Å²) < 4.78 is 0. The van der Waals surface area contributed by atoms with Gasteiger partial charge in [0.15, 0.2) is 0 Å². The number of nitrogens with zero attached hydrogens (tertiary/aromatic N) is 1. The van der Waals surface area contributed by atoms with Crippen LogP contribution in [-0.4, -0.2) is 23.9 Å². The molecule has 1 aromatic carbocycles. The number of benzene rings is 1. The van der Waals surface area contributed by atoms with E-state index in [4.69, 9.17) is 11.6 Å². The van der Waals surface area contributed by atoms with Crippen molar-refractivity contribution in [2.75, 3.05) is 13.1 Å². The van der Waals surface area contributed by atoms with E-state index < -0.39 is 0 Å². The highest BCUT2D eigenvalue weighted by Crippen LogP contribution is 2.25. The van der Waals surface area contributed by atoms with E-state index in [1.807, 2.05) is 18.2 Å². The molecule has 0 fully saturated rings. The quantitative estimate of drug-likeness (QED) is 0.821. The Balaban J connectivity index is 0.00000108. The van der Waals surface area contributed by atoms with Crippen molar-refractivity contribution in [2.45, 2.75) is 6.92 Å². The maximum Gasteiger partial charge on any atom is 0.130 e.